The lowest BCUT2D eigenvalue weighted by atomic mass is 10.0. The second-order valence-corrected chi connectivity index (χ2v) is 5.49. The summed E-state index contributed by atoms with van der Waals surface area (Å²) in [4.78, 5) is 2.24. The van der Waals surface area contributed by atoms with Gasteiger partial charge in [-0.15, -0.1) is 5.10 Å². The maximum absolute atomic E-state index is 9.52. The van der Waals surface area contributed by atoms with Gasteiger partial charge in [0.15, 0.2) is 5.82 Å². The van der Waals surface area contributed by atoms with E-state index in [9.17, 15) is 5.26 Å². The normalized spacial score (nSPS) is 22.6. The maximum atomic E-state index is 9.52. The molecule has 0 aliphatic carbocycles. The maximum Gasteiger partial charge on any atom is 0.169 e. The molecule has 19 heavy (non-hydrogen) atoms. The van der Waals surface area contributed by atoms with Crippen LogP contribution in [0.15, 0.2) is 0 Å². The minimum absolute atomic E-state index is 0.439. The van der Waals surface area contributed by atoms with E-state index in [0.717, 1.165) is 48.4 Å². The van der Waals surface area contributed by atoms with Crippen LogP contribution in [-0.2, 0) is 12.8 Å². The molecule has 0 saturated carbocycles. The molecule has 1 fully saturated rings. The lowest BCUT2D eigenvalue weighted by molar-refractivity contribution is 0.625. The number of aromatic nitrogens is 2. The molecule has 1 saturated heterocycles. The van der Waals surface area contributed by atoms with Crippen LogP contribution in [0.5, 0.6) is 0 Å². The van der Waals surface area contributed by atoms with E-state index in [1.807, 2.05) is 0 Å². The minimum atomic E-state index is 0.439. The Kier molecular flexibility index (Phi) is 4.04. The fourth-order valence-corrected chi connectivity index (χ4v) is 3.08. The molecule has 2 atom stereocenters. The Bertz CT molecular complexity index is 504. The Morgan fingerprint density at radius 2 is 2.00 bits per heavy atom. The topological polar surface area (TPSA) is 52.8 Å². The van der Waals surface area contributed by atoms with Crippen LogP contribution in [0.2, 0.25) is 0 Å². The predicted molar refractivity (Wildman–Crippen MR) is 76.1 cm³/mol. The number of anilines is 1. The van der Waals surface area contributed by atoms with Crippen molar-refractivity contribution >= 4 is 5.82 Å². The number of aryl methyl sites for hydroxylation is 1. The number of nitrogens with zero attached hydrogens (tertiary/aromatic N) is 4. The summed E-state index contributed by atoms with van der Waals surface area (Å²) in [6.07, 6.45) is 2.83. The Labute approximate surface area is 115 Å². The molecule has 0 bridgehead atoms. The second-order valence-electron chi connectivity index (χ2n) is 5.49. The van der Waals surface area contributed by atoms with Crippen molar-refractivity contribution in [2.45, 2.75) is 53.0 Å². The lowest BCUT2D eigenvalue weighted by Gasteiger charge is -2.24. The van der Waals surface area contributed by atoms with Crippen molar-refractivity contribution in [2.75, 3.05) is 11.4 Å². The van der Waals surface area contributed by atoms with Crippen LogP contribution < -0.4 is 4.90 Å². The second kappa shape index (κ2) is 5.56. The quantitative estimate of drug-likeness (QED) is 0.836. The molecule has 0 spiro atoms. The third kappa shape index (κ3) is 2.42. The van der Waals surface area contributed by atoms with Crippen LogP contribution in [-0.4, -0.2) is 22.8 Å². The van der Waals surface area contributed by atoms with Gasteiger partial charge in [-0.05, 0) is 37.7 Å². The predicted octanol–water partition coefficient (Wildman–Crippen LogP) is 2.71. The SMILES string of the molecule is CCc1nnc(N2CC(C)CC2C)c(C#N)c1CC. The van der Waals surface area contributed by atoms with Crippen LogP contribution in [0.4, 0.5) is 5.82 Å². The van der Waals surface area contributed by atoms with Gasteiger partial charge in [-0.3, -0.25) is 0 Å². The van der Waals surface area contributed by atoms with Crippen molar-refractivity contribution in [1.29, 1.82) is 5.26 Å². The molecule has 2 heterocycles. The van der Waals surface area contributed by atoms with Crippen molar-refractivity contribution in [1.82, 2.24) is 10.2 Å². The highest BCUT2D eigenvalue weighted by molar-refractivity contribution is 5.59. The third-order valence-electron chi connectivity index (χ3n) is 4.00. The van der Waals surface area contributed by atoms with Crippen molar-refractivity contribution in [3.05, 3.63) is 16.8 Å². The number of rotatable bonds is 3. The van der Waals surface area contributed by atoms with E-state index in [2.05, 4.69) is 48.9 Å². The van der Waals surface area contributed by atoms with Gasteiger partial charge >= 0.3 is 0 Å². The van der Waals surface area contributed by atoms with Gasteiger partial charge in [0.2, 0.25) is 0 Å². The van der Waals surface area contributed by atoms with Gasteiger partial charge in [0.1, 0.15) is 11.6 Å². The summed E-state index contributed by atoms with van der Waals surface area (Å²) in [7, 11) is 0. The summed E-state index contributed by atoms with van der Waals surface area (Å²) in [5, 5.41) is 18.2. The zero-order valence-electron chi connectivity index (χ0n) is 12.3. The average Bonchev–Trinajstić information content (AvgIpc) is 2.75. The average molecular weight is 258 g/mol. The summed E-state index contributed by atoms with van der Waals surface area (Å²) in [5.74, 6) is 1.44. The molecule has 0 radical (unpaired) electrons. The van der Waals surface area contributed by atoms with Gasteiger partial charge in [-0.2, -0.15) is 10.4 Å². The number of hydrogen-bond donors (Lipinski definition) is 0. The molecule has 0 aromatic carbocycles. The molecule has 1 aliphatic rings. The molecule has 2 unspecified atom stereocenters. The molecule has 4 heteroatoms. The first kappa shape index (κ1) is 13.8. The molecule has 2 rings (SSSR count). The van der Waals surface area contributed by atoms with Crippen LogP contribution in [0.25, 0.3) is 0 Å². The van der Waals surface area contributed by atoms with Gasteiger partial charge in [0, 0.05) is 12.6 Å². The van der Waals surface area contributed by atoms with Crippen LogP contribution in [0.1, 0.15) is 50.9 Å². The van der Waals surface area contributed by atoms with Crippen LogP contribution >= 0.6 is 0 Å². The number of hydrogen-bond acceptors (Lipinski definition) is 4. The minimum Gasteiger partial charge on any atom is -0.351 e. The Hall–Kier alpha value is -1.63. The monoisotopic (exact) mass is 258 g/mol. The first-order valence-electron chi connectivity index (χ1n) is 7.17. The third-order valence-corrected chi connectivity index (χ3v) is 4.00. The molecule has 4 nitrogen and oxygen atoms in total. The summed E-state index contributed by atoms with van der Waals surface area (Å²) in [6, 6.07) is 2.80. The molecule has 102 valence electrons. The number of nitriles is 1. The lowest BCUT2D eigenvalue weighted by Crippen LogP contribution is -2.29. The Morgan fingerprint density at radius 1 is 1.26 bits per heavy atom. The summed E-state index contributed by atoms with van der Waals surface area (Å²) in [6.45, 7) is 9.56. The fraction of sp³-hybridized carbons (Fsp3) is 0.667. The van der Waals surface area contributed by atoms with Crippen molar-refractivity contribution in [3.8, 4) is 6.07 Å². The summed E-state index contributed by atoms with van der Waals surface area (Å²) in [5.41, 5.74) is 2.76. The highest BCUT2D eigenvalue weighted by atomic mass is 15.3. The molecular formula is C15H22N4. The van der Waals surface area contributed by atoms with E-state index in [1.54, 1.807) is 0 Å². The smallest absolute Gasteiger partial charge is 0.169 e. The van der Waals surface area contributed by atoms with E-state index in [4.69, 9.17) is 0 Å². The highest BCUT2D eigenvalue weighted by Crippen LogP contribution is 2.31. The van der Waals surface area contributed by atoms with E-state index >= 15 is 0 Å². The van der Waals surface area contributed by atoms with E-state index < -0.39 is 0 Å². The molecule has 1 aromatic rings. The van der Waals surface area contributed by atoms with Crippen LogP contribution in [0.3, 0.4) is 0 Å². The van der Waals surface area contributed by atoms with E-state index in [-0.39, 0.29) is 0 Å². The van der Waals surface area contributed by atoms with Gasteiger partial charge in [0.05, 0.1) is 5.69 Å². The standard InChI is InChI=1S/C15H22N4/c1-5-12-13(8-16)15(18-17-14(12)6-2)19-9-10(3)7-11(19)4/h10-11H,5-7,9H2,1-4H3. The molecule has 0 N–H and O–H groups in total. The zero-order chi connectivity index (χ0) is 14.0. The molecular weight excluding hydrogens is 236 g/mol. The van der Waals surface area contributed by atoms with E-state index in [1.165, 1.54) is 0 Å². The first-order valence-corrected chi connectivity index (χ1v) is 7.17. The van der Waals surface area contributed by atoms with Gasteiger partial charge in [-0.25, -0.2) is 0 Å². The van der Waals surface area contributed by atoms with Crippen molar-refractivity contribution in [2.24, 2.45) is 5.92 Å². The van der Waals surface area contributed by atoms with Gasteiger partial charge < -0.3 is 4.90 Å². The highest BCUT2D eigenvalue weighted by Gasteiger charge is 2.30. The fourth-order valence-electron chi connectivity index (χ4n) is 3.08. The van der Waals surface area contributed by atoms with Crippen molar-refractivity contribution < 1.29 is 0 Å². The molecule has 1 aliphatic heterocycles. The summed E-state index contributed by atoms with van der Waals surface area (Å²) < 4.78 is 0. The summed E-state index contributed by atoms with van der Waals surface area (Å²) >= 11 is 0. The first-order chi connectivity index (χ1) is 9.12. The van der Waals surface area contributed by atoms with Crippen LogP contribution in [0, 0.1) is 17.2 Å². The van der Waals surface area contributed by atoms with E-state index in [0.29, 0.717) is 12.0 Å². The zero-order valence-corrected chi connectivity index (χ0v) is 12.3. The van der Waals surface area contributed by atoms with Gasteiger partial charge in [-0.1, -0.05) is 20.8 Å². The Morgan fingerprint density at radius 3 is 2.47 bits per heavy atom. The molecule has 0 amide bonds. The van der Waals surface area contributed by atoms with Crippen molar-refractivity contribution in [3.63, 3.8) is 0 Å². The largest absolute Gasteiger partial charge is 0.351 e. The van der Waals surface area contributed by atoms with Gasteiger partial charge in [0.25, 0.3) is 0 Å². The molecule has 1 aromatic heterocycles. The Balaban J connectivity index is 2.50.